The summed E-state index contributed by atoms with van der Waals surface area (Å²) in [6, 6.07) is 12.6. The molecule has 12 nitrogen and oxygen atoms in total. The lowest BCUT2D eigenvalue weighted by atomic mass is 10.1. The monoisotopic (exact) mass is 547 g/mol. The Kier molecular flexibility index (Phi) is 7.68. The molecule has 0 aliphatic heterocycles. The van der Waals surface area contributed by atoms with Gasteiger partial charge in [0, 0.05) is 17.8 Å². The largest absolute Gasteiger partial charge is 0.508 e. The number of anilines is 2. The van der Waals surface area contributed by atoms with Crippen LogP contribution in [0, 0.1) is 0 Å². The van der Waals surface area contributed by atoms with Crippen molar-refractivity contribution in [3.05, 3.63) is 66.0 Å². The van der Waals surface area contributed by atoms with Crippen molar-refractivity contribution in [2.45, 2.75) is 38.0 Å². The van der Waals surface area contributed by atoms with Crippen LogP contribution in [0.1, 0.15) is 25.0 Å². The average molecular weight is 547 g/mol. The molecule has 0 spiro atoms. The number of rotatable bonds is 10. The van der Waals surface area contributed by atoms with Crippen LogP contribution in [0.15, 0.2) is 54.9 Å². The first-order valence-electron chi connectivity index (χ1n) is 11.3. The summed E-state index contributed by atoms with van der Waals surface area (Å²) in [5.41, 5.74) is 2.25. The van der Waals surface area contributed by atoms with Gasteiger partial charge in [0.25, 0.3) is 0 Å². The predicted molar refractivity (Wildman–Crippen MR) is 139 cm³/mol. The fraction of sp³-hybridized carbons (Fsp3) is 0.261. The summed E-state index contributed by atoms with van der Waals surface area (Å²) >= 11 is 0. The van der Waals surface area contributed by atoms with E-state index in [1.807, 2.05) is 24.5 Å². The third kappa shape index (κ3) is 5.84. The first-order chi connectivity index (χ1) is 17.5. The van der Waals surface area contributed by atoms with Crippen LogP contribution in [0.3, 0.4) is 0 Å². The number of hydrogen-bond donors (Lipinski definition) is 5. The van der Waals surface area contributed by atoms with Crippen molar-refractivity contribution in [2.75, 3.05) is 5.32 Å². The molecule has 14 heteroatoms. The van der Waals surface area contributed by atoms with Gasteiger partial charge in [0.1, 0.15) is 14.2 Å². The van der Waals surface area contributed by atoms with Crippen molar-refractivity contribution < 1.29 is 33.9 Å². The van der Waals surface area contributed by atoms with Crippen LogP contribution in [-0.2, 0) is 27.2 Å². The molecule has 0 amide bonds. The van der Waals surface area contributed by atoms with Crippen molar-refractivity contribution >= 4 is 38.7 Å². The number of nitrogens with zero attached hydrogens (tertiary/aromatic N) is 4. The maximum Gasteiger partial charge on any atom is 0.368 e. The van der Waals surface area contributed by atoms with Crippen LogP contribution in [0.4, 0.5) is 11.5 Å². The molecule has 196 valence electrons. The standard InChI is InChI=1S/C23H27N5O7P2/c1-14(2)35-22-26-20(25-17-8-6-16(7-9-17)23(30,36-31)37(32,33)34)19-21(27-22)28(13-24-19)11-10-15-4-3-5-18(29)12-15/h3-9,12-14,29-30H,10-11,36H2,1-2H3,(H,25,26,27)(H2,32,33,34). The lowest BCUT2D eigenvalue weighted by Gasteiger charge is -2.23. The van der Waals surface area contributed by atoms with Gasteiger partial charge in [0.05, 0.1) is 12.4 Å². The molecule has 2 heterocycles. The van der Waals surface area contributed by atoms with E-state index in [1.165, 1.54) is 24.3 Å². The maximum atomic E-state index is 11.7. The number of aromatic hydroxyl groups is 1. The molecule has 2 unspecified atom stereocenters. The van der Waals surface area contributed by atoms with Crippen LogP contribution in [0.2, 0.25) is 0 Å². The smallest absolute Gasteiger partial charge is 0.368 e. The molecule has 0 aliphatic rings. The van der Waals surface area contributed by atoms with Gasteiger partial charge in [-0.3, -0.25) is 4.57 Å². The fourth-order valence-corrected chi connectivity index (χ4v) is 5.00. The highest BCUT2D eigenvalue weighted by Crippen LogP contribution is 2.61. The minimum absolute atomic E-state index is 0.131. The third-order valence-corrected chi connectivity index (χ3v) is 8.65. The van der Waals surface area contributed by atoms with E-state index in [0.29, 0.717) is 35.6 Å². The maximum absolute atomic E-state index is 11.7. The van der Waals surface area contributed by atoms with Gasteiger partial charge in [-0.15, -0.1) is 0 Å². The van der Waals surface area contributed by atoms with Gasteiger partial charge in [-0.25, -0.2) is 4.98 Å². The topological polar surface area (TPSA) is 180 Å². The lowest BCUT2D eigenvalue weighted by Crippen LogP contribution is -2.18. The molecule has 2 atom stereocenters. The predicted octanol–water partition coefficient (Wildman–Crippen LogP) is 3.34. The number of aryl methyl sites for hydroxylation is 2. The first kappa shape index (κ1) is 26.8. The molecule has 5 N–H and O–H groups in total. The molecule has 0 aliphatic carbocycles. The van der Waals surface area contributed by atoms with Gasteiger partial charge in [0.2, 0.25) is 5.08 Å². The van der Waals surface area contributed by atoms with Gasteiger partial charge >= 0.3 is 13.6 Å². The van der Waals surface area contributed by atoms with E-state index in [4.69, 9.17) is 4.74 Å². The molecule has 0 saturated heterocycles. The van der Waals surface area contributed by atoms with E-state index in [9.17, 15) is 29.1 Å². The molecule has 0 saturated carbocycles. The number of phenols is 1. The molecule has 2 aromatic carbocycles. The summed E-state index contributed by atoms with van der Waals surface area (Å²) in [7, 11) is -7.29. The number of hydrogen-bond acceptors (Lipinski definition) is 9. The molecule has 37 heavy (non-hydrogen) atoms. The molecule has 4 rings (SSSR count). The summed E-state index contributed by atoms with van der Waals surface area (Å²) in [4.78, 5) is 32.3. The van der Waals surface area contributed by atoms with E-state index >= 15 is 0 Å². The van der Waals surface area contributed by atoms with Crippen LogP contribution in [-0.4, -0.2) is 45.6 Å². The zero-order chi connectivity index (χ0) is 26.8. The minimum atomic E-state index is -5.08. The molecule has 0 fully saturated rings. The Morgan fingerprint density at radius 2 is 1.89 bits per heavy atom. The van der Waals surface area contributed by atoms with Crippen molar-refractivity contribution in [2.24, 2.45) is 0 Å². The first-order valence-corrected chi connectivity index (χ1v) is 14.0. The quantitative estimate of drug-likeness (QED) is 0.184. The highest BCUT2D eigenvalue weighted by Gasteiger charge is 2.46. The molecule has 4 aromatic rings. The highest BCUT2D eigenvalue weighted by molar-refractivity contribution is 7.62. The number of aromatic nitrogens is 4. The SMILES string of the molecule is CC(C)Oc1nc(Nc2ccc(C(O)([PH2]=O)P(=O)(O)O)cc2)c2ncn(CCc3cccc(O)c3)c2n1. The lowest BCUT2D eigenvalue weighted by molar-refractivity contribution is 0.168. The second kappa shape index (κ2) is 10.6. The summed E-state index contributed by atoms with van der Waals surface area (Å²) in [6.45, 7) is 4.22. The van der Waals surface area contributed by atoms with Gasteiger partial charge in [-0.1, -0.05) is 24.3 Å². The number of nitrogens with one attached hydrogen (secondary N) is 1. The molecule has 2 aromatic heterocycles. The Balaban J connectivity index is 1.65. The Labute approximate surface area is 213 Å². The van der Waals surface area contributed by atoms with Gasteiger partial charge in [0.15, 0.2) is 17.0 Å². The van der Waals surface area contributed by atoms with E-state index in [-0.39, 0.29) is 23.4 Å². The summed E-state index contributed by atoms with van der Waals surface area (Å²) in [5, 5.41) is 20.4. The Bertz CT molecular complexity index is 1470. The normalized spacial score (nSPS) is 13.9. The van der Waals surface area contributed by atoms with E-state index in [1.54, 1.807) is 24.5 Å². The third-order valence-electron chi connectivity index (χ3n) is 5.52. The second-order valence-electron chi connectivity index (χ2n) is 8.64. The van der Waals surface area contributed by atoms with Crippen molar-refractivity contribution in [1.82, 2.24) is 19.5 Å². The zero-order valence-corrected chi connectivity index (χ0v) is 22.1. The Morgan fingerprint density at radius 1 is 1.16 bits per heavy atom. The molecular weight excluding hydrogens is 520 g/mol. The second-order valence-corrected chi connectivity index (χ2v) is 12.0. The average Bonchev–Trinajstić information content (AvgIpc) is 3.25. The van der Waals surface area contributed by atoms with E-state index in [0.717, 1.165) is 5.56 Å². The number of ether oxygens (including phenoxy) is 1. The van der Waals surface area contributed by atoms with Crippen molar-refractivity contribution in [3.63, 3.8) is 0 Å². The fourth-order valence-electron chi connectivity index (χ4n) is 3.64. The number of aliphatic hydroxyl groups is 1. The Morgan fingerprint density at radius 3 is 2.51 bits per heavy atom. The van der Waals surface area contributed by atoms with Crippen LogP contribution >= 0.6 is 16.1 Å². The van der Waals surface area contributed by atoms with E-state index < -0.39 is 21.1 Å². The number of imidazole rings is 1. The van der Waals surface area contributed by atoms with Crippen LogP contribution in [0.25, 0.3) is 11.2 Å². The molecular formula is C23H27N5O7P2. The molecule has 0 radical (unpaired) electrons. The summed E-state index contributed by atoms with van der Waals surface area (Å²) in [6.07, 6.45) is 2.07. The minimum Gasteiger partial charge on any atom is -0.508 e. The van der Waals surface area contributed by atoms with Gasteiger partial charge < -0.3 is 39.2 Å². The van der Waals surface area contributed by atoms with Crippen molar-refractivity contribution in [3.8, 4) is 11.8 Å². The number of phenolic OH excluding ortho intramolecular Hbond substituents is 1. The summed E-state index contributed by atoms with van der Waals surface area (Å²) in [5.74, 6) is 0.528. The van der Waals surface area contributed by atoms with Crippen molar-refractivity contribution in [1.29, 1.82) is 0 Å². The molecule has 0 bridgehead atoms. The van der Waals surface area contributed by atoms with Gasteiger partial charge in [-0.05, 0) is 50.1 Å². The summed E-state index contributed by atoms with van der Waals surface area (Å²) < 4.78 is 30.8. The van der Waals surface area contributed by atoms with E-state index in [2.05, 4.69) is 20.3 Å². The number of fused-ring (bicyclic) bond motifs is 1. The number of benzene rings is 2. The zero-order valence-electron chi connectivity index (χ0n) is 20.0. The Hall–Kier alpha value is -3.27. The van der Waals surface area contributed by atoms with Crippen LogP contribution < -0.4 is 10.1 Å². The van der Waals surface area contributed by atoms with Crippen LogP contribution in [0.5, 0.6) is 11.8 Å². The highest BCUT2D eigenvalue weighted by atomic mass is 31.2. The van der Waals surface area contributed by atoms with Gasteiger partial charge in [-0.2, -0.15) is 9.97 Å².